The van der Waals surface area contributed by atoms with Crippen molar-refractivity contribution in [3.63, 3.8) is 0 Å². The van der Waals surface area contributed by atoms with Gasteiger partial charge in [-0.1, -0.05) is 20.8 Å². The summed E-state index contributed by atoms with van der Waals surface area (Å²) in [6, 6.07) is 0. The molecule has 0 aromatic heterocycles. The molecular weight excluding hydrogens is 118 g/mol. The van der Waals surface area contributed by atoms with Gasteiger partial charge in [-0.2, -0.15) is 0 Å². The van der Waals surface area contributed by atoms with Crippen LogP contribution in [0.25, 0.3) is 0 Å². The monoisotopic (exact) mass is 130 g/mol. The second-order valence-electron chi connectivity index (χ2n) is 3.21. The maximum atomic E-state index is 9.73. The van der Waals surface area contributed by atoms with Crippen LogP contribution in [0.2, 0.25) is 0 Å². The van der Waals surface area contributed by atoms with Gasteiger partial charge in [0.2, 0.25) is 0 Å². The van der Waals surface area contributed by atoms with E-state index in [1.54, 1.807) is 0 Å². The minimum atomic E-state index is -0.0633. The van der Waals surface area contributed by atoms with Gasteiger partial charge in [-0.05, 0) is 5.41 Å². The van der Waals surface area contributed by atoms with Crippen molar-refractivity contribution in [2.45, 2.75) is 20.8 Å². The van der Waals surface area contributed by atoms with Gasteiger partial charge in [0.15, 0.2) is 0 Å². The number of hydrogen-bond acceptors (Lipinski definition) is 2. The first kappa shape index (κ1) is 8.43. The minimum Gasteiger partial charge on any atom is -0.285 e. The average Bonchev–Trinajstić information content (AvgIpc) is 1.62. The van der Waals surface area contributed by atoms with Crippen molar-refractivity contribution in [2.75, 3.05) is 6.54 Å². The molecule has 0 aromatic rings. The standard InChI is InChI=1S/C6H12NO2/c1-6(2,3)4-7(9)5-8/h9H,4H2,1-3H3. The molecule has 53 valence electrons. The van der Waals surface area contributed by atoms with Crippen LogP contribution in [-0.4, -0.2) is 23.2 Å². The lowest BCUT2D eigenvalue weighted by molar-refractivity contribution is -0.0403. The predicted molar refractivity (Wildman–Crippen MR) is 33.6 cm³/mol. The van der Waals surface area contributed by atoms with Crippen molar-refractivity contribution in [1.29, 1.82) is 0 Å². The van der Waals surface area contributed by atoms with E-state index in [1.807, 2.05) is 20.8 Å². The molecule has 0 aliphatic carbocycles. The van der Waals surface area contributed by atoms with E-state index >= 15 is 0 Å². The Labute approximate surface area is 55.2 Å². The fraction of sp³-hybridized carbons (Fsp3) is 0.833. The van der Waals surface area contributed by atoms with Crippen molar-refractivity contribution in [3.05, 3.63) is 0 Å². The van der Waals surface area contributed by atoms with Gasteiger partial charge < -0.3 is 0 Å². The number of carbonyl (C=O) groups excluding carboxylic acids is 1. The number of hydroxylamine groups is 2. The number of rotatable bonds is 2. The van der Waals surface area contributed by atoms with E-state index in [-0.39, 0.29) is 5.41 Å². The maximum Gasteiger partial charge on any atom is 0.337 e. The molecule has 0 bridgehead atoms. The number of hydrogen-bond donors (Lipinski definition) is 1. The van der Waals surface area contributed by atoms with Crippen LogP contribution in [0.3, 0.4) is 0 Å². The van der Waals surface area contributed by atoms with Gasteiger partial charge in [0.25, 0.3) is 0 Å². The van der Waals surface area contributed by atoms with Gasteiger partial charge in [0, 0.05) is 0 Å². The molecule has 0 aliphatic rings. The Morgan fingerprint density at radius 2 is 2.00 bits per heavy atom. The molecule has 3 nitrogen and oxygen atoms in total. The van der Waals surface area contributed by atoms with Gasteiger partial charge in [0.05, 0.1) is 6.54 Å². The van der Waals surface area contributed by atoms with E-state index in [4.69, 9.17) is 5.21 Å². The van der Waals surface area contributed by atoms with Crippen LogP contribution in [0.4, 0.5) is 0 Å². The third kappa shape index (κ3) is 5.30. The molecule has 1 radical (unpaired) electrons. The molecule has 0 saturated heterocycles. The highest BCUT2D eigenvalue weighted by molar-refractivity contribution is 5.45. The Morgan fingerprint density at radius 1 is 1.56 bits per heavy atom. The zero-order valence-corrected chi connectivity index (χ0v) is 6.01. The zero-order valence-electron chi connectivity index (χ0n) is 6.01. The Morgan fingerprint density at radius 3 is 2.11 bits per heavy atom. The van der Waals surface area contributed by atoms with Gasteiger partial charge in [-0.15, -0.1) is 0 Å². The van der Waals surface area contributed by atoms with E-state index in [1.165, 1.54) is 6.41 Å². The van der Waals surface area contributed by atoms with Crippen molar-refractivity contribution in [3.8, 4) is 0 Å². The first-order chi connectivity index (χ1) is 3.95. The molecule has 0 atom stereocenters. The smallest absolute Gasteiger partial charge is 0.285 e. The van der Waals surface area contributed by atoms with Crippen molar-refractivity contribution >= 4 is 6.41 Å². The lowest BCUT2D eigenvalue weighted by atomic mass is 9.97. The van der Waals surface area contributed by atoms with Gasteiger partial charge >= 0.3 is 6.41 Å². The molecule has 0 spiro atoms. The highest BCUT2D eigenvalue weighted by atomic mass is 16.5. The third-order valence-electron chi connectivity index (χ3n) is 0.729. The summed E-state index contributed by atoms with van der Waals surface area (Å²) in [5, 5.41) is 9.13. The van der Waals surface area contributed by atoms with Crippen molar-refractivity contribution < 1.29 is 10.0 Å². The van der Waals surface area contributed by atoms with Crippen LogP contribution in [-0.2, 0) is 4.79 Å². The van der Waals surface area contributed by atoms with Gasteiger partial charge in [0.1, 0.15) is 0 Å². The number of amides is 1. The van der Waals surface area contributed by atoms with E-state index in [0.717, 1.165) is 0 Å². The van der Waals surface area contributed by atoms with Gasteiger partial charge in [-0.25, -0.2) is 5.06 Å². The molecule has 0 aromatic carbocycles. The van der Waals surface area contributed by atoms with Crippen LogP contribution in [0.5, 0.6) is 0 Å². The summed E-state index contributed by atoms with van der Waals surface area (Å²) < 4.78 is 0. The van der Waals surface area contributed by atoms with Gasteiger partial charge in [-0.3, -0.25) is 10.0 Å². The SMILES string of the molecule is CC(C)(C)CN(O)[C]=O. The number of nitrogens with zero attached hydrogens (tertiary/aromatic N) is 1. The highest BCUT2D eigenvalue weighted by Gasteiger charge is 2.13. The van der Waals surface area contributed by atoms with Crippen molar-refractivity contribution in [1.82, 2.24) is 5.06 Å². The second-order valence-corrected chi connectivity index (χ2v) is 3.21. The Hall–Kier alpha value is -0.570. The first-order valence-corrected chi connectivity index (χ1v) is 2.80. The molecule has 9 heavy (non-hydrogen) atoms. The fourth-order valence-electron chi connectivity index (χ4n) is 0.482. The lowest BCUT2D eigenvalue weighted by Gasteiger charge is -2.20. The summed E-state index contributed by atoms with van der Waals surface area (Å²) in [5.74, 6) is 0. The molecule has 1 amide bonds. The van der Waals surface area contributed by atoms with Crippen LogP contribution < -0.4 is 0 Å². The Bertz CT molecular complexity index is 95.7. The average molecular weight is 130 g/mol. The summed E-state index contributed by atoms with van der Waals surface area (Å²) in [6.45, 7) is 6.09. The molecular formula is C6H12NO2. The Balaban J connectivity index is 3.59. The quantitative estimate of drug-likeness (QED) is 0.341. The third-order valence-corrected chi connectivity index (χ3v) is 0.729. The van der Waals surface area contributed by atoms with E-state index in [0.29, 0.717) is 11.6 Å². The predicted octanol–water partition coefficient (Wildman–Crippen LogP) is 0.791. The fourth-order valence-corrected chi connectivity index (χ4v) is 0.482. The largest absolute Gasteiger partial charge is 0.337 e. The molecule has 0 aliphatic heterocycles. The van der Waals surface area contributed by atoms with Crippen LogP contribution >= 0.6 is 0 Å². The Kier molecular flexibility index (Phi) is 2.65. The summed E-state index contributed by atoms with van der Waals surface area (Å²) in [7, 11) is 0. The molecule has 0 fully saturated rings. The maximum absolute atomic E-state index is 9.73. The molecule has 0 unspecified atom stereocenters. The second kappa shape index (κ2) is 2.82. The normalized spacial score (nSPS) is 11.1. The first-order valence-electron chi connectivity index (χ1n) is 2.80. The van der Waals surface area contributed by atoms with E-state index in [2.05, 4.69) is 0 Å². The molecule has 1 N–H and O–H groups in total. The van der Waals surface area contributed by atoms with Crippen LogP contribution in [0, 0.1) is 5.41 Å². The summed E-state index contributed by atoms with van der Waals surface area (Å²) in [6.07, 6.45) is 1.36. The molecule has 0 rings (SSSR count). The van der Waals surface area contributed by atoms with E-state index in [9.17, 15) is 4.79 Å². The van der Waals surface area contributed by atoms with E-state index < -0.39 is 0 Å². The lowest BCUT2D eigenvalue weighted by Crippen LogP contribution is -2.28. The highest BCUT2D eigenvalue weighted by Crippen LogP contribution is 2.12. The summed E-state index contributed by atoms with van der Waals surface area (Å²) in [4.78, 5) is 9.73. The molecule has 0 saturated carbocycles. The molecule has 3 heteroatoms. The van der Waals surface area contributed by atoms with Crippen molar-refractivity contribution in [2.24, 2.45) is 5.41 Å². The van der Waals surface area contributed by atoms with Crippen LogP contribution in [0.1, 0.15) is 20.8 Å². The minimum absolute atomic E-state index is 0.0633. The van der Waals surface area contributed by atoms with Crippen LogP contribution in [0.15, 0.2) is 0 Å². The topological polar surface area (TPSA) is 40.5 Å². The molecule has 0 heterocycles. The summed E-state index contributed by atoms with van der Waals surface area (Å²) in [5.41, 5.74) is -0.0633. The zero-order chi connectivity index (χ0) is 7.49. The summed E-state index contributed by atoms with van der Waals surface area (Å²) >= 11 is 0.